The topological polar surface area (TPSA) is 39.1 Å². The van der Waals surface area contributed by atoms with Gasteiger partial charge in [-0.1, -0.05) is 20.3 Å². The van der Waals surface area contributed by atoms with Crippen molar-refractivity contribution in [3.63, 3.8) is 0 Å². The fourth-order valence-electron chi connectivity index (χ4n) is 2.06. The van der Waals surface area contributed by atoms with Gasteiger partial charge in [-0.2, -0.15) is 0 Å². The number of hydrogen-bond acceptors (Lipinski definition) is 3. The van der Waals surface area contributed by atoms with Crippen LogP contribution in [0.3, 0.4) is 0 Å². The molecule has 0 bridgehead atoms. The Morgan fingerprint density at radius 1 is 1.47 bits per heavy atom. The quantitative estimate of drug-likeness (QED) is 0.672. The van der Waals surface area contributed by atoms with Gasteiger partial charge in [-0.25, -0.2) is 4.98 Å². The molecule has 0 saturated carbocycles. The molecule has 0 saturated heterocycles. The van der Waals surface area contributed by atoms with Crippen molar-refractivity contribution in [2.75, 3.05) is 20.3 Å². The predicted octanol–water partition coefficient (Wildman–Crippen LogP) is 2.37. The molecular weight excluding hydrogens is 214 g/mol. The lowest BCUT2D eigenvalue weighted by Gasteiger charge is -2.19. The first kappa shape index (κ1) is 14.2. The van der Waals surface area contributed by atoms with Crippen LogP contribution >= 0.6 is 0 Å². The van der Waals surface area contributed by atoms with E-state index in [4.69, 9.17) is 4.74 Å². The molecule has 1 aromatic rings. The molecular formula is C13H25N3O. The molecule has 1 unspecified atom stereocenters. The molecule has 1 heterocycles. The molecule has 1 atom stereocenters. The van der Waals surface area contributed by atoms with Crippen molar-refractivity contribution in [1.82, 2.24) is 14.9 Å². The maximum atomic E-state index is 5.01. The summed E-state index contributed by atoms with van der Waals surface area (Å²) in [5.41, 5.74) is 1.27. The second-order valence-corrected chi connectivity index (χ2v) is 4.31. The Bertz CT molecular complexity index is 299. The number of ether oxygens (including phenoxy) is 1. The van der Waals surface area contributed by atoms with Crippen LogP contribution in [0.4, 0.5) is 0 Å². The van der Waals surface area contributed by atoms with Gasteiger partial charge in [0.15, 0.2) is 0 Å². The fraction of sp³-hybridized carbons (Fsp3) is 0.769. The van der Waals surface area contributed by atoms with Crippen molar-refractivity contribution < 1.29 is 4.74 Å². The summed E-state index contributed by atoms with van der Waals surface area (Å²) < 4.78 is 7.32. The highest BCUT2D eigenvalue weighted by molar-refractivity contribution is 5.00. The standard InChI is InChI=1S/C13H25N3O/c1-4-6-12(5-2)16-11-15-10-13(16)9-14-7-8-17-3/h10-12,14H,4-9H2,1-3H3. The van der Waals surface area contributed by atoms with Crippen LogP contribution in [0.15, 0.2) is 12.5 Å². The van der Waals surface area contributed by atoms with E-state index >= 15 is 0 Å². The number of rotatable bonds is 9. The van der Waals surface area contributed by atoms with Gasteiger partial charge in [0.2, 0.25) is 0 Å². The lowest BCUT2D eigenvalue weighted by atomic mass is 10.1. The maximum Gasteiger partial charge on any atom is 0.0951 e. The number of methoxy groups -OCH3 is 1. The molecule has 98 valence electrons. The Morgan fingerprint density at radius 3 is 2.94 bits per heavy atom. The zero-order valence-electron chi connectivity index (χ0n) is 11.3. The van der Waals surface area contributed by atoms with Crippen LogP contribution in [0.1, 0.15) is 44.8 Å². The van der Waals surface area contributed by atoms with Crippen LogP contribution in [0.25, 0.3) is 0 Å². The second kappa shape index (κ2) is 8.25. The summed E-state index contributed by atoms with van der Waals surface area (Å²) in [5.74, 6) is 0. The first-order valence-corrected chi connectivity index (χ1v) is 6.53. The van der Waals surface area contributed by atoms with Crippen molar-refractivity contribution in [2.24, 2.45) is 0 Å². The number of hydrogen-bond donors (Lipinski definition) is 1. The molecule has 0 aliphatic rings. The minimum absolute atomic E-state index is 0.585. The number of nitrogens with zero attached hydrogens (tertiary/aromatic N) is 2. The van der Waals surface area contributed by atoms with E-state index in [2.05, 4.69) is 28.7 Å². The van der Waals surface area contributed by atoms with Crippen LogP contribution < -0.4 is 5.32 Å². The molecule has 0 aliphatic heterocycles. The van der Waals surface area contributed by atoms with Crippen molar-refractivity contribution in [2.45, 2.75) is 45.7 Å². The minimum Gasteiger partial charge on any atom is -0.383 e. The van der Waals surface area contributed by atoms with E-state index in [1.807, 2.05) is 12.5 Å². The summed E-state index contributed by atoms with van der Waals surface area (Å²) in [6, 6.07) is 0.585. The summed E-state index contributed by atoms with van der Waals surface area (Å²) in [6.45, 7) is 6.97. The van der Waals surface area contributed by atoms with E-state index < -0.39 is 0 Å². The number of nitrogens with one attached hydrogen (secondary N) is 1. The SMILES string of the molecule is CCCC(CC)n1cncc1CNCCOC. The summed E-state index contributed by atoms with van der Waals surface area (Å²) in [4.78, 5) is 4.26. The van der Waals surface area contributed by atoms with E-state index in [1.165, 1.54) is 18.5 Å². The van der Waals surface area contributed by atoms with Gasteiger partial charge in [0.05, 0.1) is 18.6 Å². The Balaban J connectivity index is 2.51. The van der Waals surface area contributed by atoms with Crippen LogP contribution in [-0.2, 0) is 11.3 Å². The van der Waals surface area contributed by atoms with Crippen LogP contribution in [0, 0.1) is 0 Å². The molecule has 0 aliphatic carbocycles. The Labute approximate surface area is 104 Å². The van der Waals surface area contributed by atoms with Gasteiger partial charge in [-0.05, 0) is 12.8 Å². The first-order valence-electron chi connectivity index (χ1n) is 6.53. The van der Waals surface area contributed by atoms with Crippen LogP contribution in [0.2, 0.25) is 0 Å². The number of imidazole rings is 1. The monoisotopic (exact) mass is 239 g/mol. The summed E-state index contributed by atoms with van der Waals surface area (Å²) in [5, 5.41) is 3.36. The zero-order chi connectivity index (χ0) is 12.5. The molecule has 0 fully saturated rings. The van der Waals surface area contributed by atoms with E-state index in [0.29, 0.717) is 6.04 Å². The molecule has 0 amide bonds. The van der Waals surface area contributed by atoms with Gasteiger partial charge >= 0.3 is 0 Å². The average molecular weight is 239 g/mol. The maximum absolute atomic E-state index is 5.01. The van der Waals surface area contributed by atoms with E-state index in [-0.39, 0.29) is 0 Å². The number of aromatic nitrogens is 2. The van der Waals surface area contributed by atoms with E-state index in [0.717, 1.165) is 26.1 Å². The van der Waals surface area contributed by atoms with Gasteiger partial charge in [0.25, 0.3) is 0 Å². The Hall–Kier alpha value is -0.870. The smallest absolute Gasteiger partial charge is 0.0951 e. The lowest BCUT2D eigenvalue weighted by Crippen LogP contribution is -2.21. The van der Waals surface area contributed by atoms with Crippen molar-refractivity contribution in [1.29, 1.82) is 0 Å². The van der Waals surface area contributed by atoms with Gasteiger partial charge in [0.1, 0.15) is 0 Å². The normalized spacial score (nSPS) is 12.9. The van der Waals surface area contributed by atoms with Crippen molar-refractivity contribution in [3.8, 4) is 0 Å². The summed E-state index contributed by atoms with van der Waals surface area (Å²) >= 11 is 0. The summed E-state index contributed by atoms with van der Waals surface area (Å²) in [6.07, 6.45) is 7.51. The third-order valence-corrected chi connectivity index (χ3v) is 3.02. The van der Waals surface area contributed by atoms with E-state index in [1.54, 1.807) is 7.11 Å². The zero-order valence-corrected chi connectivity index (χ0v) is 11.3. The lowest BCUT2D eigenvalue weighted by molar-refractivity contribution is 0.199. The van der Waals surface area contributed by atoms with Crippen LogP contribution in [0.5, 0.6) is 0 Å². The van der Waals surface area contributed by atoms with E-state index in [9.17, 15) is 0 Å². The molecule has 0 aromatic carbocycles. The molecule has 1 rings (SSSR count). The third-order valence-electron chi connectivity index (χ3n) is 3.02. The average Bonchev–Trinajstić information content (AvgIpc) is 2.80. The highest BCUT2D eigenvalue weighted by Gasteiger charge is 2.11. The molecule has 17 heavy (non-hydrogen) atoms. The Kier molecular flexibility index (Phi) is 6.89. The van der Waals surface area contributed by atoms with Gasteiger partial charge < -0.3 is 14.6 Å². The minimum atomic E-state index is 0.585. The molecule has 0 spiro atoms. The fourth-order valence-corrected chi connectivity index (χ4v) is 2.06. The Morgan fingerprint density at radius 2 is 2.29 bits per heavy atom. The molecule has 1 N–H and O–H groups in total. The molecule has 4 heteroatoms. The van der Waals surface area contributed by atoms with Crippen molar-refractivity contribution in [3.05, 3.63) is 18.2 Å². The van der Waals surface area contributed by atoms with Gasteiger partial charge in [0, 0.05) is 32.4 Å². The highest BCUT2D eigenvalue weighted by atomic mass is 16.5. The molecule has 1 aromatic heterocycles. The van der Waals surface area contributed by atoms with Crippen LogP contribution in [-0.4, -0.2) is 29.8 Å². The highest BCUT2D eigenvalue weighted by Crippen LogP contribution is 2.19. The summed E-state index contributed by atoms with van der Waals surface area (Å²) in [7, 11) is 1.72. The third kappa shape index (κ3) is 4.48. The van der Waals surface area contributed by atoms with Crippen molar-refractivity contribution >= 4 is 0 Å². The first-order chi connectivity index (χ1) is 8.33. The van der Waals surface area contributed by atoms with Gasteiger partial charge in [-0.15, -0.1) is 0 Å². The molecule has 0 radical (unpaired) electrons. The van der Waals surface area contributed by atoms with Gasteiger partial charge in [-0.3, -0.25) is 0 Å². The molecule has 4 nitrogen and oxygen atoms in total. The predicted molar refractivity (Wildman–Crippen MR) is 70.0 cm³/mol. The second-order valence-electron chi connectivity index (χ2n) is 4.31. The largest absolute Gasteiger partial charge is 0.383 e.